The molecule has 230 valence electrons. The minimum absolute atomic E-state index is 0.0193. The second-order valence-corrected chi connectivity index (χ2v) is 12.4. The van der Waals surface area contributed by atoms with E-state index < -0.39 is 23.9 Å². The lowest BCUT2D eigenvalue weighted by molar-refractivity contribution is -0.160. The summed E-state index contributed by atoms with van der Waals surface area (Å²) in [5.74, 6) is -2.82. The number of rotatable bonds is 14. The summed E-state index contributed by atoms with van der Waals surface area (Å²) in [4.78, 5) is 36.8. The number of esters is 2. The van der Waals surface area contributed by atoms with Gasteiger partial charge in [-0.25, -0.2) is 0 Å². The third-order valence-electron chi connectivity index (χ3n) is 8.66. The van der Waals surface area contributed by atoms with Crippen LogP contribution in [0.4, 0.5) is 0 Å². The van der Waals surface area contributed by atoms with Crippen molar-refractivity contribution in [2.45, 2.75) is 154 Å². The molecule has 40 heavy (non-hydrogen) atoms. The molecule has 0 aliphatic carbocycles. The highest BCUT2D eigenvalue weighted by atomic mass is 16.6. The van der Waals surface area contributed by atoms with E-state index in [0.29, 0.717) is 25.7 Å². The second kappa shape index (κ2) is 14.9. The standard InChI is InChI=1S/C30H50O10/c1-16(31)13-22-7-11-26(38-22)20(5)29(34)37-18(3)15-24-9-12-27(40-24)21(6)30(35)36-17(2)14-23-8-10-25(39-23)19(4)28(32)33/h16-27,31H,7-15H2,1-6H3,(H,32,33). The van der Waals surface area contributed by atoms with Crippen LogP contribution < -0.4 is 0 Å². The number of carbonyl (C=O) groups is 3. The Morgan fingerprint density at radius 2 is 0.975 bits per heavy atom. The minimum Gasteiger partial charge on any atom is -0.481 e. The fraction of sp³-hybridized carbons (Fsp3) is 0.900. The Morgan fingerprint density at radius 1 is 0.625 bits per heavy atom. The molecule has 0 aromatic rings. The molecule has 0 saturated carbocycles. The Hall–Kier alpha value is -1.75. The predicted octanol–water partition coefficient (Wildman–Crippen LogP) is 4.04. The van der Waals surface area contributed by atoms with Crippen LogP contribution in [0.5, 0.6) is 0 Å². The lowest BCUT2D eigenvalue weighted by atomic mass is 10.0. The van der Waals surface area contributed by atoms with Crippen molar-refractivity contribution in [3.63, 3.8) is 0 Å². The van der Waals surface area contributed by atoms with Crippen molar-refractivity contribution in [3.05, 3.63) is 0 Å². The van der Waals surface area contributed by atoms with Gasteiger partial charge in [0.2, 0.25) is 0 Å². The normalized spacial score (nSPS) is 33.1. The fourth-order valence-electron chi connectivity index (χ4n) is 6.12. The van der Waals surface area contributed by atoms with E-state index in [1.165, 1.54) is 0 Å². The third kappa shape index (κ3) is 9.39. The Morgan fingerprint density at radius 3 is 1.32 bits per heavy atom. The van der Waals surface area contributed by atoms with E-state index in [-0.39, 0.29) is 66.7 Å². The molecule has 3 saturated heterocycles. The van der Waals surface area contributed by atoms with Crippen molar-refractivity contribution in [3.8, 4) is 0 Å². The van der Waals surface area contributed by atoms with Gasteiger partial charge in [-0.2, -0.15) is 0 Å². The highest BCUT2D eigenvalue weighted by Gasteiger charge is 2.38. The fourth-order valence-corrected chi connectivity index (χ4v) is 6.12. The van der Waals surface area contributed by atoms with Crippen LogP contribution in [0.15, 0.2) is 0 Å². The van der Waals surface area contributed by atoms with Crippen molar-refractivity contribution >= 4 is 17.9 Å². The first-order chi connectivity index (χ1) is 18.8. The summed E-state index contributed by atoms with van der Waals surface area (Å²) in [6.07, 6.45) is 4.14. The average molecular weight is 571 g/mol. The zero-order valence-electron chi connectivity index (χ0n) is 25.0. The van der Waals surface area contributed by atoms with E-state index in [1.54, 1.807) is 13.8 Å². The first-order valence-corrected chi connectivity index (χ1v) is 15.1. The van der Waals surface area contributed by atoms with Gasteiger partial charge in [-0.15, -0.1) is 0 Å². The maximum Gasteiger partial charge on any atom is 0.311 e. The Labute approximate surface area is 238 Å². The molecule has 0 aromatic heterocycles. The van der Waals surface area contributed by atoms with Gasteiger partial charge < -0.3 is 33.9 Å². The molecule has 10 nitrogen and oxygen atoms in total. The number of carbonyl (C=O) groups excluding carboxylic acids is 2. The minimum atomic E-state index is -0.864. The van der Waals surface area contributed by atoms with Crippen molar-refractivity contribution in [2.75, 3.05) is 0 Å². The van der Waals surface area contributed by atoms with Gasteiger partial charge in [0.1, 0.15) is 12.2 Å². The van der Waals surface area contributed by atoms with Crippen LogP contribution in [-0.4, -0.2) is 83.1 Å². The molecule has 2 N–H and O–H groups in total. The van der Waals surface area contributed by atoms with Crippen LogP contribution in [-0.2, 0) is 38.1 Å². The van der Waals surface area contributed by atoms with Gasteiger partial charge in [0, 0.05) is 12.8 Å². The van der Waals surface area contributed by atoms with E-state index in [1.807, 2.05) is 27.7 Å². The molecule has 0 aromatic carbocycles. The van der Waals surface area contributed by atoms with Gasteiger partial charge in [0.25, 0.3) is 0 Å². The van der Waals surface area contributed by atoms with Gasteiger partial charge in [0.05, 0.1) is 60.5 Å². The summed E-state index contributed by atoms with van der Waals surface area (Å²) in [6, 6.07) is 0. The van der Waals surface area contributed by atoms with Crippen LogP contribution in [0, 0.1) is 17.8 Å². The molecule has 3 aliphatic rings. The van der Waals surface area contributed by atoms with Gasteiger partial charge in [0.15, 0.2) is 0 Å². The molecule has 3 heterocycles. The van der Waals surface area contributed by atoms with E-state index in [9.17, 15) is 24.6 Å². The molecule has 3 rings (SSSR count). The highest BCUT2D eigenvalue weighted by molar-refractivity contribution is 5.73. The topological polar surface area (TPSA) is 138 Å². The number of hydrogen-bond acceptors (Lipinski definition) is 9. The summed E-state index contributed by atoms with van der Waals surface area (Å²) in [5.41, 5.74) is 0. The molecular formula is C30H50O10. The molecule has 0 amide bonds. The zero-order chi connectivity index (χ0) is 29.6. The lowest BCUT2D eigenvalue weighted by Crippen LogP contribution is -2.33. The molecule has 0 bridgehead atoms. The Bertz CT molecular complexity index is 846. The maximum absolute atomic E-state index is 12.8. The molecule has 3 aliphatic heterocycles. The van der Waals surface area contributed by atoms with Crippen LogP contribution in [0.25, 0.3) is 0 Å². The van der Waals surface area contributed by atoms with Crippen LogP contribution >= 0.6 is 0 Å². The molecule has 3 fully saturated rings. The number of aliphatic hydroxyl groups excluding tert-OH is 1. The highest BCUT2D eigenvalue weighted by Crippen LogP contribution is 2.32. The average Bonchev–Trinajstić information content (AvgIpc) is 3.63. The largest absolute Gasteiger partial charge is 0.481 e. The van der Waals surface area contributed by atoms with E-state index in [2.05, 4.69) is 0 Å². The lowest BCUT2D eigenvalue weighted by Gasteiger charge is -2.25. The Kier molecular flexibility index (Phi) is 12.2. The number of aliphatic carboxylic acids is 1. The second-order valence-electron chi connectivity index (χ2n) is 12.4. The molecule has 12 unspecified atom stereocenters. The predicted molar refractivity (Wildman–Crippen MR) is 145 cm³/mol. The molecule has 12 atom stereocenters. The summed E-state index contributed by atoms with van der Waals surface area (Å²) in [7, 11) is 0. The van der Waals surface area contributed by atoms with Crippen molar-refractivity contribution in [1.29, 1.82) is 0 Å². The molecule has 0 radical (unpaired) electrons. The van der Waals surface area contributed by atoms with Gasteiger partial charge in [-0.1, -0.05) is 0 Å². The quantitative estimate of drug-likeness (QED) is 0.294. The van der Waals surface area contributed by atoms with Gasteiger partial charge in [-0.3, -0.25) is 14.4 Å². The summed E-state index contributed by atoms with van der Waals surface area (Å²) in [6.45, 7) is 10.7. The van der Waals surface area contributed by atoms with Crippen molar-refractivity contribution in [2.24, 2.45) is 17.8 Å². The number of carboxylic acid groups (broad SMARTS) is 1. The van der Waals surface area contributed by atoms with Gasteiger partial charge >= 0.3 is 17.9 Å². The van der Waals surface area contributed by atoms with Crippen molar-refractivity contribution < 1.29 is 48.3 Å². The SMILES string of the molecule is CC(O)CC1CCC(C(C)C(=O)OC(C)CC2CCC(C(C)C(=O)OC(C)CC3CCC(C(C)C(=O)O)O3)O2)O1. The molecule has 0 spiro atoms. The van der Waals surface area contributed by atoms with E-state index in [0.717, 1.165) is 32.1 Å². The zero-order valence-corrected chi connectivity index (χ0v) is 25.0. The summed E-state index contributed by atoms with van der Waals surface area (Å²) >= 11 is 0. The van der Waals surface area contributed by atoms with Crippen LogP contribution in [0.2, 0.25) is 0 Å². The summed E-state index contributed by atoms with van der Waals surface area (Å²) in [5, 5.41) is 18.8. The Balaban J connectivity index is 1.35. The summed E-state index contributed by atoms with van der Waals surface area (Å²) < 4.78 is 29.4. The smallest absolute Gasteiger partial charge is 0.311 e. The number of carboxylic acids is 1. The van der Waals surface area contributed by atoms with E-state index in [4.69, 9.17) is 23.7 Å². The first kappa shape index (κ1) is 32.8. The van der Waals surface area contributed by atoms with Crippen LogP contribution in [0.3, 0.4) is 0 Å². The third-order valence-corrected chi connectivity index (χ3v) is 8.66. The number of hydrogen-bond donors (Lipinski definition) is 2. The maximum atomic E-state index is 12.8. The monoisotopic (exact) mass is 570 g/mol. The van der Waals surface area contributed by atoms with Crippen molar-refractivity contribution in [1.82, 2.24) is 0 Å². The first-order valence-electron chi connectivity index (χ1n) is 15.1. The number of aliphatic hydroxyl groups is 1. The van der Waals surface area contributed by atoms with Crippen LogP contribution in [0.1, 0.15) is 99.3 Å². The molecular weight excluding hydrogens is 520 g/mol. The molecule has 10 heteroatoms. The number of ether oxygens (including phenoxy) is 5. The van der Waals surface area contributed by atoms with E-state index >= 15 is 0 Å². The van der Waals surface area contributed by atoms with Gasteiger partial charge in [-0.05, 0) is 86.5 Å².